The van der Waals surface area contributed by atoms with Crippen LogP contribution in [0.25, 0.3) is 11.0 Å². The summed E-state index contributed by atoms with van der Waals surface area (Å²) in [7, 11) is 1.78. The lowest BCUT2D eigenvalue weighted by Gasteiger charge is -2.21. The molecule has 7 heteroatoms. The van der Waals surface area contributed by atoms with Gasteiger partial charge in [-0.2, -0.15) is 5.10 Å². The second-order valence-corrected chi connectivity index (χ2v) is 6.96. The molecule has 2 aromatic heterocycles. The third-order valence-corrected chi connectivity index (χ3v) is 4.54. The quantitative estimate of drug-likeness (QED) is 0.710. The number of pyridine rings is 1. The number of nitrogens with zero attached hydrogens (tertiary/aromatic N) is 4. The number of ether oxygens (including phenoxy) is 2. The average molecular weight is 366 g/mol. The molecule has 0 aliphatic carbocycles. The molecule has 3 aromatic rings. The third-order valence-electron chi connectivity index (χ3n) is 4.54. The van der Waals surface area contributed by atoms with Gasteiger partial charge in [-0.3, -0.25) is 4.79 Å². The van der Waals surface area contributed by atoms with Crippen LogP contribution in [0.1, 0.15) is 35.8 Å². The van der Waals surface area contributed by atoms with E-state index in [9.17, 15) is 4.79 Å². The van der Waals surface area contributed by atoms with Gasteiger partial charge in [0.1, 0.15) is 13.2 Å². The zero-order valence-corrected chi connectivity index (χ0v) is 15.7. The van der Waals surface area contributed by atoms with Gasteiger partial charge in [0.15, 0.2) is 17.1 Å². The lowest BCUT2D eigenvalue weighted by Crippen LogP contribution is -2.26. The summed E-state index contributed by atoms with van der Waals surface area (Å²) in [5, 5.41) is 5.22. The second-order valence-electron chi connectivity index (χ2n) is 6.96. The van der Waals surface area contributed by atoms with E-state index in [0.717, 1.165) is 28.1 Å². The molecule has 1 aliphatic heterocycles. The smallest absolute Gasteiger partial charge is 0.255 e. The van der Waals surface area contributed by atoms with Gasteiger partial charge in [0, 0.05) is 31.2 Å². The van der Waals surface area contributed by atoms with Crippen LogP contribution in [0, 0.1) is 0 Å². The Morgan fingerprint density at radius 1 is 1.19 bits per heavy atom. The van der Waals surface area contributed by atoms with Crippen molar-refractivity contribution in [1.29, 1.82) is 0 Å². The van der Waals surface area contributed by atoms with Crippen LogP contribution in [0.5, 0.6) is 11.5 Å². The van der Waals surface area contributed by atoms with Gasteiger partial charge in [-0.05, 0) is 37.6 Å². The van der Waals surface area contributed by atoms with E-state index in [-0.39, 0.29) is 11.9 Å². The topological polar surface area (TPSA) is 69.5 Å². The van der Waals surface area contributed by atoms with Gasteiger partial charge >= 0.3 is 0 Å². The molecule has 140 valence electrons. The van der Waals surface area contributed by atoms with Crippen molar-refractivity contribution in [2.75, 3.05) is 20.3 Å². The fourth-order valence-electron chi connectivity index (χ4n) is 3.19. The summed E-state index contributed by atoms with van der Waals surface area (Å²) in [6.45, 7) is 5.68. The maximum atomic E-state index is 12.8. The largest absolute Gasteiger partial charge is 0.486 e. The van der Waals surface area contributed by atoms with E-state index in [2.05, 4.69) is 10.1 Å². The molecule has 3 heterocycles. The molecule has 0 bridgehead atoms. The first kappa shape index (κ1) is 17.3. The summed E-state index contributed by atoms with van der Waals surface area (Å²) in [6, 6.07) is 7.82. The number of hydrogen-bond acceptors (Lipinski definition) is 5. The first-order valence-corrected chi connectivity index (χ1v) is 9.00. The van der Waals surface area contributed by atoms with Crippen molar-refractivity contribution in [2.24, 2.45) is 0 Å². The molecule has 0 saturated heterocycles. The van der Waals surface area contributed by atoms with E-state index >= 15 is 0 Å². The van der Waals surface area contributed by atoms with Crippen LogP contribution in [0.15, 0.2) is 36.7 Å². The number of amides is 1. The van der Waals surface area contributed by atoms with Gasteiger partial charge in [0.2, 0.25) is 0 Å². The summed E-state index contributed by atoms with van der Waals surface area (Å²) in [4.78, 5) is 18.9. The fraction of sp³-hybridized carbons (Fsp3) is 0.350. The number of rotatable bonds is 4. The summed E-state index contributed by atoms with van der Waals surface area (Å²) in [5.41, 5.74) is 2.32. The highest BCUT2D eigenvalue weighted by molar-refractivity contribution is 5.96. The summed E-state index contributed by atoms with van der Waals surface area (Å²) >= 11 is 0. The lowest BCUT2D eigenvalue weighted by atomic mass is 10.1. The summed E-state index contributed by atoms with van der Waals surface area (Å²) in [5.74, 6) is 1.39. The van der Waals surface area contributed by atoms with E-state index in [4.69, 9.17) is 9.47 Å². The van der Waals surface area contributed by atoms with E-state index < -0.39 is 0 Å². The fourth-order valence-corrected chi connectivity index (χ4v) is 3.19. The Hall–Kier alpha value is -3.09. The molecule has 1 aliphatic rings. The standard InChI is InChI=1S/C20H22N4O3/c1-13(2)24-19-15(11-22-24)9-16(10-21-19)20(25)23(3)12-14-4-5-17-18(8-14)27-7-6-26-17/h4-5,8-11,13H,6-7,12H2,1-3H3. The molecular formula is C20H22N4O3. The molecule has 0 atom stereocenters. The first-order chi connectivity index (χ1) is 13.0. The minimum atomic E-state index is -0.0865. The minimum Gasteiger partial charge on any atom is -0.486 e. The second kappa shape index (κ2) is 6.90. The Labute approximate surface area is 157 Å². The van der Waals surface area contributed by atoms with Crippen LogP contribution >= 0.6 is 0 Å². The van der Waals surface area contributed by atoms with Gasteiger partial charge in [0.05, 0.1) is 11.8 Å². The Morgan fingerprint density at radius 3 is 2.74 bits per heavy atom. The van der Waals surface area contributed by atoms with Gasteiger partial charge in [-0.1, -0.05) is 6.07 Å². The molecule has 4 rings (SSSR count). The van der Waals surface area contributed by atoms with Crippen LogP contribution in [-0.4, -0.2) is 45.8 Å². The first-order valence-electron chi connectivity index (χ1n) is 9.00. The number of benzene rings is 1. The van der Waals surface area contributed by atoms with Crippen LogP contribution in [-0.2, 0) is 6.54 Å². The highest BCUT2D eigenvalue weighted by Gasteiger charge is 2.17. The number of aromatic nitrogens is 3. The number of carbonyl (C=O) groups is 1. The molecule has 0 radical (unpaired) electrons. The monoisotopic (exact) mass is 366 g/mol. The molecule has 0 N–H and O–H groups in total. The maximum Gasteiger partial charge on any atom is 0.255 e. The van der Waals surface area contributed by atoms with Crippen LogP contribution in [0.3, 0.4) is 0 Å². The molecule has 0 saturated carbocycles. The number of carbonyl (C=O) groups excluding carboxylic acids is 1. The predicted octanol–water partition coefficient (Wildman–Crippen LogP) is 3.06. The van der Waals surface area contributed by atoms with Crippen molar-refractivity contribution in [3.63, 3.8) is 0 Å². The maximum absolute atomic E-state index is 12.8. The molecular weight excluding hydrogens is 344 g/mol. The van der Waals surface area contributed by atoms with Crippen molar-refractivity contribution in [3.8, 4) is 11.5 Å². The lowest BCUT2D eigenvalue weighted by molar-refractivity contribution is 0.0784. The average Bonchev–Trinajstić information content (AvgIpc) is 3.10. The summed E-state index contributed by atoms with van der Waals surface area (Å²) in [6.07, 6.45) is 3.37. The third kappa shape index (κ3) is 3.32. The highest BCUT2D eigenvalue weighted by atomic mass is 16.6. The summed E-state index contributed by atoms with van der Waals surface area (Å²) < 4.78 is 13.0. The van der Waals surface area contributed by atoms with E-state index in [1.807, 2.05) is 42.8 Å². The van der Waals surface area contributed by atoms with Crippen LogP contribution in [0.4, 0.5) is 0 Å². The normalized spacial score (nSPS) is 13.2. The molecule has 1 amide bonds. The molecule has 0 spiro atoms. The molecule has 0 fully saturated rings. The predicted molar refractivity (Wildman–Crippen MR) is 101 cm³/mol. The Bertz CT molecular complexity index is 996. The zero-order valence-electron chi connectivity index (χ0n) is 15.7. The molecule has 27 heavy (non-hydrogen) atoms. The molecule has 0 unspecified atom stereocenters. The van der Waals surface area contributed by atoms with Crippen LogP contribution < -0.4 is 9.47 Å². The van der Waals surface area contributed by atoms with E-state index in [0.29, 0.717) is 25.3 Å². The van der Waals surface area contributed by atoms with Gasteiger partial charge in [-0.25, -0.2) is 9.67 Å². The van der Waals surface area contributed by atoms with Crippen molar-refractivity contribution in [1.82, 2.24) is 19.7 Å². The minimum absolute atomic E-state index is 0.0865. The highest BCUT2D eigenvalue weighted by Crippen LogP contribution is 2.31. The van der Waals surface area contributed by atoms with Crippen molar-refractivity contribution in [3.05, 3.63) is 47.8 Å². The Balaban J connectivity index is 1.53. The molecule has 1 aromatic carbocycles. The zero-order chi connectivity index (χ0) is 19.0. The van der Waals surface area contributed by atoms with E-state index in [1.165, 1.54) is 0 Å². The number of fused-ring (bicyclic) bond motifs is 2. The van der Waals surface area contributed by atoms with Gasteiger partial charge in [0.25, 0.3) is 5.91 Å². The molecule has 7 nitrogen and oxygen atoms in total. The van der Waals surface area contributed by atoms with Gasteiger partial charge < -0.3 is 14.4 Å². The Kier molecular flexibility index (Phi) is 4.43. The van der Waals surface area contributed by atoms with E-state index in [1.54, 1.807) is 24.3 Å². The van der Waals surface area contributed by atoms with Crippen molar-refractivity contribution < 1.29 is 14.3 Å². The SMILES string of the molecule is CC(C)n1ncc2cc(C(=O)N(C)Cc3ccc4c(c3)OCCO4)cnc21. The van der Waals surface area contributed by atoms with Crippen molar-refractivity contribution >= 4 is 16.9 Å². The number of hydrogen-bond donors (Lipinski definition) is 0. The van der Waals surface area contributed by atoms with Crippen molar-refractivity contribution in [2.45, 2.75) is 26.4 Å². The van der Waals surface area contributed by atoms with Gasteiger partial charge in [-0.15, -0.1) is 0 Å². The van der Waals surface area contributed by atoms with Crippen LogP contribution in [0.2, 0.25) is 0 Å². The Morgan fingerprint density at radius 2 is 1.96 bits per heavy atom.